The molecule has 0 atom stereocenters. The van der Waals surface area contributed by atoms with Gasteiger partial charge in [0.25, 0.3) is 5.56 Å². The molecule has 0 fully saturated rings. The van der Waals surface area contributed by atoms with Crippen LogP contribution in [0.25, 0.3) is 11.4 Å². The van der Waals surface area contributed by atoms with Crippen molar-refractivity contribution in [2.24, 2.45) is 7.05 Å². The second-order valence-electron chi connectivity index (χ2n) is 6.28. The lowest BCUT2D eigenvalue weighted by atomic mass is 9.89. The van der Waals surface area contributed by atoms with Gasteiger partial charge in [-0.05, 0) is 6.42 Å². The molecule has 0 spiro atoms. The zero-order chi connectivity index (χ0) is 15.8. The minimum absolute atomic E-state index is 0.188. The molecular weight excluding hydrogens is 268 g/mol. The lowest BCUT2D eigenvalue weighted by molar-refractivity contribution is 0.443. The molecule has 0 saturated carbocycles. The number of aryl methyl sites for hydroxylation is 1. The zero-order valence-corrected chi connectivity index (χ0v) is 13.2. The van der Waals surface area contributed by atoms with Gasteiger partial charge in [0.2, 0.25) is 5.88 Å². The lowest BCUT2D eigenvalue weighted by Crippen LogP contribution is -2.17. The van der Waals surface area contributed by atoms with Crippen molar-refractivity contribution in [3.8, 4) is 17.3 Å². The fourth-order valence-electron chi connectivity index (χ4n) is 2.30. The van der Waals surface area contributed by atoms with Gasteiger partial charge in [-0.2, -0.15) is 10.1 Å². The molecule has 0 saturated heterocycles. The number of H-pyrrole nitrogens is 1. The van der Waals surface area contributed by atoms with Gasteiger partial charge in [-0.3, -0.25) is 9.48 Å². The highest BCUT2D eigenvalue weighted by Crippen LogP contribution is 2.30. The van der Waals surface area contributed by atoms with Crippen LogP contribution < -0.4 is 5.56 Å². The molecule has 6 nitrogen and oxygen atoms in total. The van der Waals surface area contributed by atoms with E-state index in [2.05, 4.69) is 15.1 Å². The molecule has 0 aliphatic heterocycles. The highest BCUT2D eigenvalue weighted by molar-refractivity contribution is 5.59. The van der Waals surface area contributed by atoms with Crippen LogP contribution in [0.15, 0.2) is 11.0 Å². The van der Waals surface area contributed by atoms with Crippen LogP contribution in [0.2, 0.25) is 0 Å². The zero-order valence-electron chi connectivity index (χ0n) is 13.2. The number of aromatic nitrogens is 4. The first-order valence-electron chi connectivity index (χ1n) is 7.10. The smallest absolute Gasteiger partial charge is 0.258 e. The summed E-state index contributed by atoms with van der Waals surface area (Å²) < 4.78 is 1.69. The topological polar surface area (TPSA) is 83.8 Å². The fourth-order valence-corrected chi connectivity index (χ4v) is 2.30. The first-order chi connectivity index (χ1) is 9.74. The lowest BCUT2D eigenvalue weighted by Gasteiger charge is -2.17. The van der Waals surface area contributed by atoms with Gasteiger partial charge in [0.05, 0.1) is 16.8 Å². The second-order valence-corrected chi connectivity index (χ2v) is 6.28. The Morgan fingerprint density at radius 1 is 1.38 bits per heavy atom. The molecule has 0 aliphatic rings. The minimum Gasteiger partial charge on any atom is -0.493 e. The second kappa shape index (κ2) is 5.35. The van der Waals surface area contributed by atoms with Gasteiger partial charge in [-0.25, -0.2) is 0 Å². The van der Waals surface area contributed by atoms with Crippen LogP contribution in [-0.4, -0.2) is 24.9 Å². The summed E-state index contributed by atoms with van der Waals surface area (Å²) in [6.45, 7) is 8.08. The molecule has 21 heavy (non-hydrogen) atoms. The molecule has 0 bridgehead atoms. The van der Waals surface area contributed by atoms with Gasteiger partial charge in [0, 0.05) is 18.7 Å². The summed E-state index contributed by atoms with van der Waals surface area (Å²) in [7, 11) is 1.82. The predicted octanol–water partition coefficient (Wildman–Crippen LogP) is 2.13. The Labute approximate surface area is 123 Å². The van der Waals surface area contributed by atoms with E-state index in [-0.39, 0.29) is 16.9 Å². The minimum atomic E-state index is -0.289. The number of aromatic amines is 1. The Morgan fingerprint density at radius 2 is 2.05 bits per heavy atom. The molecule has 2 aromatic heterocycles. The predicted molar refractivity (Wildman–Crippen MR) is 81.4 cm³/mol. The van der Waals surface area contributed by atoms with Crippen LogP contribution in [0, 0.1) is 0 Å². The maximum absolute atomic E-state index is 12.1. The van der Waals surface area contributed by atoms with Crippen LogP contribution in [-0.2, 0) is 18.9 Å². The summed E-state index contributed by atoms with van der Waals surface area (Å²) in [6, 6.07) is 0. The van der Waals surface area contributed by atoms with Crippen molar-refractivity contribution in [3.63, 3.8) is 0 Å². The molecule has 0 amide bonds. The quantitative estimate of drug-likeness (QED) is 0.907. The number of hydrogen-bond acceptors (Lipinski definition) is 4. The van der Waals surface area contributed by atoms with Crippen LogP contribution in [0.3, 0.4) is 0 Å². The number of nitrogens with zero attached hydrogens (tertiary/aromatic N) is 3. The Balaban J connectivity index is 2.61. The van der Waals surface area contributed by atoms with E-state index in [9.17, 15) is 9.90 Å². The van der Waals surface area contributed by atoms with E-state index in [1.54, 1.807) is 10.9 Å². The van der Waals surface area contributed by atoms with Crippen LogP contribution >= 0.6 is 0 Å². The molecule has 114 valence electrons. The Hall–Kier alpha value is -2.11. The van der Waals surface area contributed by atoms with Crippen molar-refractivity contribution >= 4 is 0 Å². The monoisotopic (exact) mass is 290 g/mol. The van der Waals surface area contributed by atoms with Gasteiger partial charge < -0.3 is 10.1 Å². The van der Waals surface area contributed by atoms with Crippen LogP contribution in [0.1, 0.15) is 45.4 Å². The average Bonchev–Trinajstić information content (AvgIpc) is 2.75. The SMILES string of the molecule is CCCc1c(O)nc(-c2cn(C)nc2C(C)(C)C)[nH]c1=O. The number of hydrogen-bond donors (Lipinski definition) is 2. The average molecular weight is 290 g/mol. The Kier molecular flexibility index (Phi) is 3.89. The van der Waals surface area contributed by atoms with Crippen molar-refractivity contribution in [2.45, 2.75) is 46.0 Å². The molecule has 2 N–H and O–H groups in total. The summed E-state index contributed by atoms with van der Waals surface area (Å²) >= 11 is 0. The number of nitrogens with one attached hydrogen (secondary N) is 1. The highest BCUT2D eigenvalue weighted by Gasteiger charge is 2.24. The van der Waals surface area contributed by atoms with Crippen molar-refractivity contribution < 1.29 is 5.11 Å². The summed E-state index contributed by atoms with van der Waals surface area (Å²) in [5, 5.41) is 14.5. The van der Waals surface area contributed by atoms with Gasteiger partial charge in [-0.1, -0.05) is 34.1 Å². The first-order valence-corrected chi connectivity index (χ1v) is 7.10. The van der Waals surface area contributed by atoms with Gasteiger partial charge >= 0.3 is 0 Å². The molecule has 6 heteroatoms. The standard InChI is InChI=1S/C15H22N4O2/c1-6-7-9-13(20)16-12(17-14(9)21)10-8-19(5)18-11(10)15(2,3)4/h8H,6-7H2,1-5H3,(H2,16,17,20,21). The molecule has 2 aromatic rings. The summed E-state index contributed by atoms with van der Waals surface area (Å²) in [6.07, 6.45) is 3.09. The summed E-state index contributed by atoms with van der Waals surface area (Å²) in [4.78, 5) is 19.0. The van der Waals surface area contributed by atoms with Crippen LogP contribution in [0.5, 0.6) is 5.88 Å². The molecule has 2 rings (SSSR count). The Morgan fingerprint density at radius 3 is 2.57 bits per heavy atom. The van der Waals surface area contributed by atoms with E-state index >= 15 is 0 Å². The third-order valence-corrected chi connectivity index (χ3v) is 3.29. The van der Waals surface area contributed by atoms with Crippen LogP contribution in [0.4, 0.5) is 0 Å². The van der Waals surface area contributed by atoms with Crippen molar-refractivity contribution in [1.29, 1.82) is 0 Å². The maximum atomic E-state index is 12.1. The van der Waals surface area contributed by atoms with E-state index in [0.29, 0.717) is 17.8 Å². The van der Waals surface area contributed by atoms with Crippen molar-refractivity contribution in [3.05, 3.63) is 27.8 Å². The molecule has 2 heterocycles. The van der Waals surface area contributed by atoms with Gasteiger partial charge in [0.15, 0.2) is 0 Å². The molecule has 0 radical (unpaired) electrons. The molecule has 0 unspecified atom stereocenters. The van der Waals surface area contributed by atoms with Crippen molar-refractivity contribution in [1.82, 2.24) is 19.7 Å². The van der Waals surface area contributed by atoms with E-state index in [1.807, 2.05) is 34.7 Å². The van der Waals surface area contributed by atoms with E-state index in [0.717, 1.165) is 17.7 Å². The normalized spacial score (nSPS) is 11.9. The fraction of sp³-hybridized carbons (Fsp3) is 0.533. The Bertz CT molecular complexity index is 707. The van der Waals surface area contributed by atoms with E-state index in [4.69, 9.17) is 0 Å². The maximum Gasteiger partial charge on any atom is 0.258 e. The number of aromatic hydroxyl groups is 1. The molecule has 0 aliphatic carbocycles. The highest BCUT2D eigenvalue weighted by atomic mass is 16.3. The molecule has 0 aromatic carbocycles. The third-order valence-electron chi connectivity index (χ3n) is 3.29. The molecular formula is C15H22N4O2. The van der Waals surface area contributed by atoms with Crippen molar-refractivity contribution in [2.75, 3.05) is 0 Å². The van der Waals surface area contributed by atoms with E-state index in [1.165, 1.54) is 0 Å². The summed E-state index contributed by atoms with van der Waals surface area (Å²) in [5.74, 6) is 0.162. The number of rotatable bonds is 3. The van der Waals surface area contributed by atoms with Gasteiger partial charge in [-0.15, -0.1) is 0 Å². The largest absolute Gasteiger partial charge is 0.493 e. The van der Waals surface area contributed by atoms with E-state index < -0.39 is 0 Å². The van der Waals surface area contributed by atoms with Gasteiger partial charge in [0.1, 0.15) is 5.82 Å². The third kappa shape index (κ3) is 2.99. The summed E-state index contributed by atoms with van der Waals surface area (Å²) in [5.41, 5.74) is 1.43. The first kappa shape index (κ1) is 15.3.